The van der Waals surface area contributed by atoms with Crippen molar-refractivity contribution in [3.63, 3.8) is 0 Å². The SMILES string of the molecule is CC(C)C(=O)Oc1ccc(C(C)(CCC(=O)OC(C)(C)C2CCNCC2)c2ccc(OC(=O)C(C)I)cc2)cc1. The van der Waals surface area contributed by atoms with Gasteiger partial charge in [-0.05, 0) is 88.5 Å². The van der Waals surface area contributed by atoms with E-state index in [1.54, 1.807) is 45.0 Å². The van der Waals surface area contributed by atoms with Gasteiger partial charge >= 0.3 is 17.9 Å². The van der Waals surface area contributed by atoms with Crippen molar-refractivity contribution in [1.82, 2.24) is 5.32 Å². The number of halogens is 1. The van der Waals surface area contributed by atoms with Gasteiger partial charge in [0.05, 0.1) is 5.92 Å². The molecular formula is C32H42INO6. The molecule has 0 saturated carbocycles. The maximum absolute atomic E-state index is 13.1. The number of esters is 3. The van der Waals surface area contributed by atoms with E-state index in [9.17, 15) is 14.4 Å². The highest BCUT2D eigenvalue weighted by Gasteiger charge is 2.36. The van der Waals surface area contributed by atoms with E-state index in [-0.39, 0.29) is 34.2 Å². The van der Waals surface area contributed by atoms with E-state index < -0.39 is 11.0 Å². The summed E-state index contributed by atoms with van der Waals surface area (Å²) in [5.74, 6) is 0.224. The number of benzene rings is 2. The fourth-order valence-corrected chi connectivity index (χ4v) is 5.09. The molecule has 1 saturated heterocycles. The minimum atomic E-state index is -0.558. The van der Waals surface area contributed by atoms with Gasteiger partial charge in [-0.2, -0.15) is 0 Å². The van der Waals surface area contributed by atoms with Crippen LogP contribution in [0.2, 0.25) is 0 Å². The zero-order valence-corrected chi connectivity index (χ0v) is 26.6. The molecule has 1 heterocycles. The molecule has 40 heavy (non-hydrogen) atoms. The number of carbonyl (C=O) groups is 3. The zero-order valence-electron chi connectivity index (χ0n) is 24.4. The highest BCUT2D eigenvalue weighted by atomic mass is 127. The van der Waals surface area contributed by atoms with Gasteiger partial charge in [-0.25, -0.2) is 0 Å². The van der Waals surface area contributed by atoms with Gasteiger partial charge in [0, 0.05) is 17.8 Å². The summed E-state index contributed by atoms with van der Waals surface area (Å²) >= 11 is 2.02. The van der Waals surface area contributed by atoms with Crippen molar-refractivity contribution in [1.29, 1.82) is 0 Å². The number of nitrogens with one attached hydrogen (secondary N) is 1. The molecule has 2 unspecified atom stereocenters. The second kappa shape index (κ2) is 13.9. The molecule has 0 aromatic heterocycles. The molecule has 3 rings (SSSR count). The summed E-state index contributed by atoms with van der Waals surface area (Å²) in [6.07, 6.45) is 2.71. The Morgan fingerprint density at radius 3 is 1.77 bits per heavy atom. The lowest BCUT2D eigenvalue weighted by Crippen LogP contribution is -2.43. The standard InChI is InChI=1S/C32H42INO6/c1-21(2)29(36)38-26-11-7-24(8-12-26)32(6,25-9-13-27(14-10-25)39-30(37)22(3)33)18-15-28(35)40-31(4,5)23-16-19-34-20-17-23/h7-14,21-23,34H,15-20H2,1-6H3. The van der Waals surface area contributed by atoms with Crippen molar-refractivity contribution >= 4 is 40.5 Å². The lowest BCUT2D eigenvalue weighted by atomic mass is 9.73. The van der Waals surface area contributed by atoms with Gasteiger partial charge in [-0.3, -0.25) is 14.4 Å². The van der Waals surface area contributed by atoms with E-state index in [1.807, 2.05) is 60.7 Å². The maximum atomic E-state index is 13.1. The number of alkyl halides is 1. The molecule has 0 bridgehead atoms. The van der Waals surface area contributed by atoms with Crippen molar-refractivity contribution in [3.8, 4) is 11.5 Å². The molecule has 7 nitrogen and oxygen atoms in total. The first-order chi connectivity index (χ1) is 18.8. The number of carbonyl (C=O) groups excluding carboxylic acids is 3. The lowest BCUT2D eigenvalue weighted by molar-refractivity contribution is -0.163. The Bertz CT molecular complexity index is 1090. The second-order valence-corrected chi connectivity index (χ2v) is 13.5. The van der Waals surface area contributed by atoms with E-state index in [0.717, 1.165) is 37.1 Å². The third-order valence-electron chi connectivity index (χ3n) is 7.74. The van der Waals surface area contributed by atoms with Gasteiger partial charge in [-0.15, -0.1) is 0 Å². The van der Waals surface area contributed by atoms with Crippen molar-refractivity contribution in [2.75, 3.05) is 13.1 Å². The van der Waals surface area contributed by atoms with Gasteiger partial charge in [0.15, 0.2) is 0 Å². The van der Waals surface area contributed by atoms with Gasteiger partial charge < -0.3 is 19.5 Å². The van der Waals surface area contributed by atoms with Crippen molar-refractivity contribution < 1.29 is 28.6 Å². The van der Waals surface area contributed by atoms with E-state index in [4.69, 9.17) is 14.2 Å². The highest BCUT2D eigenvalue weighted by molar-refractivity contribution is 14.1. The van der Waals surface area contributed by atoms with E-state index in [1.165, 1.54) is 0 Å². The zero-order chi connectivity index (χ0) is 29.5. The lowest BCUT2D eigenvalue weighted by Gasteiger charge is -2.37. The Hall–Kier alpha value is -2.46. The Labute approximate surface area is 251 Å². The molecule has 1 fully saturated rings. The predicted molar refractivity (Wildman–Crippen MR) is 164 cm³/mol. The Kier molecular flexibility index (Phi) is 11.2. The van der Waals surface area contributed by atoms with Gasteiger partial charge in [0.1, 0.15) is 21.0 Å². The summed E-state index contributed by atoms with van der Waals surface area (Å²) in [6, 6.07) is 14.8. The summed E-state index contributed by atoms with van der Waals surface area (Å²) in [4.78, 5) is 37.2. The summed E-state index contributed by atoms with van der Waals surface area (Å²) in [7, 11) is 0. The quantitative estimate of drug-likeness (QED) is 0.129. The summed E-state index contributed by atoms with van der Waals surface area (Å²) in [6.45, 7) is 13.3. The third kappa shape index (κ3) is 8.52. The van der Waals surface area contributed by atoms with Gasteiger partial charge in [0.25, 0.3) is 0 Å². The maximum Gasteiger partial charge on any atom is 0.323 e. The van der Waals surface area contributed by atoms with Gasteiger partial charge in [0.2, 0.25) is 0 Å². The van der Waals surface area contributed by atoms with E-state index in [2.05, 4.69) is 12.2 Å². The number of ether oxygens (including phenoxy) is 3. The minimum Gasteiger partial charge on any atom is -0.459 e. The van der Waals surface area contributed by atoms with Crippen LogP contribution < -0.4 is 14.8 Å². The molecule has 2 aromatic carbocycles. The molecule has 1 aliphatic rings. The van der Waals surface area contributed by atoms with Crippen LogP contribution in [0.5, 0.6) is 11.5 Å². The van der Waals surface area contributed by atoms with Crippen LogP contribution in [0.1, 0.15) is 78.4 Å². The molecule has 8 heteroatoms. The van der Waals surface area contributed by atoms with Crippen LogP contribution in [0.4, 0.5) is 0 Å². The topological polar surface area (TPSA) is 90.9 Å². The minimum absolute atomic E-state index is 0.223. The fourth-order valence-electron chi connectivity index (χ4n) is 4.97. The summed E-state index contributed by atoms with van der Waals surface area (Å²) in [5, 5.41) is 3.36. The first kappa shape index (κ1) is 32.1. The molecule has 0 spiro atoms. The predicted octanol–water partition coefficient (Wildman–Crippen LogP) is 6.38. The molecule has 1 N–H and O–H groups in total. The van der Waals surface area contributed by atoms with Gasteiger partial charge in [-0.1, -0.05) is 67.6 Å². The normalized spacial score (nSPS) is 16.6. The number of hydrogen-bond acceptors (Lipinski definition) is 7. The molecule has 0 amide bonds. The van der Waals surface area contributed by atoms with Crippen LogP contribution in [0.25, 0.3) is 0 Å². The second-order valence-electron chi connectivity index (χ2n) is 11.6. The first-order valence-corrected chi connectivity index (χ1v) is 15.3. The van der Waals surface area contributed by atoms with Crippen molar-refractivity contribution in [2.45, 2.75) is 82.2 Å². The number of piperidine rings is 1. The number of rotatable bonds is 11. The van der Waals surface area contributed by atoms with E-state index >= 15 is 0 Å². The summed E-state index contributed by atoms with van der Waals surface area (Å²) < 4.78 is 16.7. The number of hydrogen-bond donors (Lipinski definition) is 1. The average molecular weight is 664 g/mol. The average Bonchev–Trinajstić information content (AvgIpc) is 2.92. The molecule has 0 radical (unpaired) electrons. The largest absolute Gasteiger partial charge is 0.459 e. The highest BCUT2D eigenvalue weighted by Crippen LogP contribution is 2.39. The Morgan fingerprint density at radius 2 is 1.32 bits per heavy atom. The fraction of sp³-hybridized carbons (Fsp3) is 0.531. The van der Waals surface area contributed by atoms with Crippen LogP contribution in [0, 0.1) is 11.8 Å². The molecule has 2 aromatic rings. The van der Waals surface area contributed by atoms with Crippen LogP contribution in [-0.4, -0.2) is 40.5 Å². The molecule has 1 aliphatic heterocycles. The molecule has 0 aliphatic carbocycles. The Balaban J connectivity index is 1.82. The molecule has 2 atom stereocenters. The summed E-state index contributed by atoms with van der Waals surface area (Å²) in [5.41, 5.74) is 0.844. The van der Waals surface area contributed by atoms with Crippen molar-refractivity contribution in [3.05, 3.63) is 59.7 Å². The van der Waals surface area contributed by atoms with Crippen LogP contribution >= 0.6 is 22.6 Å². The molecular weight excluding hydrogens is 621 g/mol. The smallest absolute Gasteiger partial charge is 0.323 e. The Morgan fingerprint density at radius 1 is 0.850 bits per heavy atom. The monoisotopic (exact) mass is 663 g/mol. The van der Waals surface area contributed by atoms with Crippen LogP contribution in [-0.2, 0) is 24.5 Å². The molecule has 218 valence electrons. The third-order valence-corrected chi connectivity index (χ3v) is 8.25. The van der Waals surface area contributed by atoms with Crippen LogP contribution in [0.15, 0.2) is 48.5 Å². The van der Waals surface area contributed by atoms with Crippen molar-refractivity contribution in [2.24, 2.45) is 11.8 Å². The van der Waals surface area contributed by atoms with Crippen LogP contribution in [0.3, 0.4) is 0 Å². The van der Waals surface area contributed by atoms with E-state index in [0.29, 0.717) is 23.8 Å². The first-order valence-electron chi connectivity index (χ1n) is 14.0.